The van der Waals surface area contributed by atoms with Crippen LogP contribution in [-0.4, -0.2) is 77.3 Å². The highest BCUT2D eigenvalue weighted by Crippen LogP contribution is 2.14. The molecule has 18 heteroatoms. The van der Waals surface area contributed by atoms with Crippen molar-refractivity contribution in [2.24, 2.45) is 0 Å². The van der Waals surface area contributed by atoms with Gasteiger partial charge in [-0.05, 0) is 0 Å². The number of halogens is 9. The Hall–Kier alpha value is -2.79. The molecule has 166 valence electrons. The van der Waals surface area contributed by atoms with Crippen molar-refractivity contribution in [2.75, 3.05) is 19.6 Å². The van der Waals surface area contributed by atoms with Gasteiger partial charge in [0.05, 0.1) is 6.54 Å². The summed E-state index contributed by atoms with van der Waals surface area (Å²) in [5, 5.41) is 27.0. The fraction of sp³-hybridized carbons (Fsp3) is 0.600. The number of piperazine rings is 1. The van der Waals surface area contributed by atoms with E-state index in [-0.39, 0.29) is 5.91 Å². The van der Waals surface area contributed by atoms with Gasteiger partial charge in [0, 0.05) is 13.1 Å². The van der Waals surface area contributed by atoms with Crippen molar-refractivity contribution in [1.29, 1.82) is 0 Å². The second-order valence-corrected chi connectivity index (χ2v) is 3.94. The van der Waals surface area contributed by atoms with Gasteiger partial charge in [-0.15, -0.1) is 0 Å². The van der Waals surface area contributed by atoms with E-state index in [2.05, 4.69) is 10.6 Å². The van der Waals surface area contributed by atoms with Crippen LogP contribution < -0.4 is 10.6 Å². The number of carboxylic acids is 3. The Bertz CT molecular complexity index is 464. The Morgan fingerprint density at radius 2 is 0.929 bits per heavy atom. The highest BCUT2D eigenvalue weighted by Gasteiger charge is 2.39. The minimum Gasteiger partial charge on any atom is -0.475 e. The normalized spacial score (nSPS) is 13.8. The number of hydrogen-bond donors (Lipinski definition) is 5. The van der Waals surface area contributed by atoms with Crippen LogP contribution in [0, 0.1) is 0 Å². The molecular weight excluding hydrogens is 431 g/mol. The summed E-state index contributed by atoms with van der Waals surface area (Å²) in [7, 11) is 0. The minimum absolute atomic E-state index is 0.103. The number of carbonyl (C=O) groups excluding carboxylic acids is 1. The third kappa shape index (κ3) is 21.3. The molecule has 0 aliphatic carbocycles. The molecule has 1 aliphatic heterocycles. The summed E-state index contributed by atoms with van der Waals surface area (Å²) in [6.45, 7) is 2.17. The predicted molar refractivity (Wildman–Crippen MR) is 67.0 cm³/mol. The lowest BCUT2D eigenvalue weighted by molar-refractivity contribution is -0.193. The van der Waals surface area contributed by atoms with E-state index in [1.807, 2.05) is 0 Å². The molecule has 0 saturated carbocycles. The summed E-state index contributed by atoms with van der Waals surface area (Å²) in [5.74, 6) is -8.17. The number of hydrogen-bond acceptors (Lipinski definition) is 5. The Labute approximate surface area is 148 Å². The molecule has 0 aromatic rings. The van der Waals surface area contributed by atoms with Gasteiger partial charge >= 0.3 is 36.4 Å². The van der Waals surface area contributed by atoms with Crippen LogP contribution in [0.15, 0.2) is 0 Å². The van der Waals surface area contributed by atoms with Crippen LogP contribution in [0.3, 0.4) is 0 Å². The maximum absolute atomic E-state index is 10.6. The van der Waals surface area contributed by atoms with Crippen LogP contribution in [0.1, 0.15) is 0 Å². The van der Waals surface area contributed by atoms with E-state index in [0.717, 1.165) is 13.1 Å². The fourth-order valence-electron chi connectivity index (χ4n) is 0.555. The lowest BCUT2D eigenvalue weighted by atomic mass is 10.4. The van der Waals surface area contributed by atoms with Crippen LogP contribution in [0.25, 0.3) is 0 Å². The van der Waals surface area contributed by atoms with E-state index >= 15 is 0 Å². The van der Waals surface area contributed by atoms with Crippen molar-refractivity contribution in [3.63, 3.8) is 0 Å². The van der Waals surface area contributed by atoms with Crippen molar-refractivity contribution in [1.82, 2.24) is 10.6 Å². The third-order valence-corrected chi connectivity index (χ3v) is 1.64. The molecule has 0 unspecified atom stereocenters. The smallest absolute Gasteiger partial charge is 0.475 e. The van der Waals surface area contributed by atoms with Gasteiger partial charge in [0.25, 0.3) is 0 Å². The second kappa shape index (κ2) is 12.6. The molecule has 1 rings (SSSR count). The minimum atomic E-state index is -5.08. The Kier molecular flexibility index (Phi) is 13.4. The predicted octanol–water partition coefficient (Wildman–Crippen LogP) is 0.606. The Balaban J connectivity index is -0.000000298. The molecule has 1 aliphatic rings. The quantitative estimate of drug-likeness (QED) is 0.342. The van der Waals surface area contributed by atoms with Crippen LogP contribution in [0.4, 0.5) is 39.5 Å². The van der Waals surface area contributed by atoms with Gasteiger partial charge in [0.1, 0.15) is 0 Å². The summed E-state index contributed by atoms with van der Waals surface area (Å²) < 4.78 is 95.2. The van der Waals surface area contributed by atoms with E-state index in [0.29, 0.717) is 6.54 Å². The first-order valence-corrected chi connectivity index (χ1v) is 6.10. The Morgan fingerprint density at radius 3 is 1.00 bits per heavy atom. The molecule has 0 spiro atoms. The standard InChI is InChI=1S/C4H8N2O.3C2HF3O2/c7-4-3-5-1-2-6-4;3*3-2(4,5)1(6)7/h5H,1-3H2,(H,6,7);3*(H,6,7). The third-order valence-electron chi connectivity index (χ3n) is 1.64. The highest BCUT2D eigenvalue weighted by atomic mass is 19.4. The molecule has 0 bridgehead atoms. The molecule has 0 radical (unpaired) electrons. The van der Waals surface area contributed by atoms with Gasteiger partial charge < -0.3 is 26.0 Å². The number of carbonyl (C=O) groups is 4. The van der Waals surface area contributed by atoms with E-state index < -0.39 is 36.4 Å². The van der Waals surface area contributed by atoms with Crippen LogP contribution in [0.2, 0.25) is 0 Å². The van der Waals surface area contributed by atoms with Gasteiger partial charge in [-0.2, -0.15) is 39.5 Å². The monoisotopic (exact) mass is 442 g/mol. The zero-order valence-corrected chi connectivity index (χ0v) is 13.0. The number of nitrogens with one attached hydrogen (secondary N) is 2. The maximum atomic E-state index is 10.6. The molecule has 9 nitrogen and oxygen atoms in total. The van der Waals surface area contributed by atoms with Crippen molar-refractivity contribution in [3.8, 4) is 0 Å². The molecule has 0 aromatic heterocycles. The van der Waals surface area contributed by atoms with Crippen molar-refractivity contribution >= 4 is 23.8 Å². The summed E-state index contributed by atoms with van der Waals surface area (Å²) >= 11 is 0. The summed E-state index contributed by atoms with van der Waals surface area (Å²) in [6.07, 6.45) is -15.3. The average molecular weight is 442 g/mol. The van der Waals surface area contributed by atoms with Gasteiger partial charge in [0.2, 0.25) is 5.91 Å². The van der Waals surface area contributed by atoms with E-state index in [4.69, 9.17) is 29.7 Å². The van der Waals surface area contributed by atoms with Gasteiger partial charge in [-0.3, -0.25) is 4.79 Å². The Morgan fingerprint density at radius 1 is 0.679 bits per heavy atom. The average Bonchev–Trinajstić information content (AvgIpc) is 2.46. The molecule has 28 heavy (non-hydrogen) atoms. The molecule has 1 saturated heterocycles. The van der Waals surface area contributed by atoms with E-state index in [1.54, 1.807) is 0 Å². The van der Waals surface area contributed by atoms with Gasteiger partial charge in [-0.1, -0.05) is 0 Å². The highest BCUT2D eigenvalue weighted by molar-refractivity contribution is 5.78. The first-order valence-electron chi connectivity index (χ1n) is 6.10. The zero-order valence-electron chi connectivity index (χ0n) is 13.0. The molecule has 0 atom stereocenters. The number of aliphatic carboxylic acids is 3. The molecule has 1 amide bonds. The molecule has 5 N–H and O–H groups in total. The fourth-order valence-corrected chi connectivity index (χ4v) is 0.555. The summed E-state index contributed by atoms with van der Waals surface area (Å²) in [6, 6.07) is 0. The van der Waals surface area contributed by atoms with E-state index in [9.17, 15) is 44.3 Å². The summed E-state index contributed by atoms with van der Waals surface area (Å²) in [4.78, 5) is 37.0. The lowest BCUT2D eigenvalue weighted by Crippen LogP contribution is -2.44. The largest absolute Gasteiger partial charge is 0.490 e. The van der Waals surface area contributed by atoms with E-state index in [1.165, 1.54) is 0 Å². The molecular formula is C10H11F9N2O7. The first-order chi connectivity index (χ1) is 12.2. The SMILES string of the molecule is O=C(O)C(F)(F)F.O=C(O)C(F)(F)F.O=C(O)C(F)(F)F.O=C1CNCCN1. The number of carboxylic acid groups (broad SMARTS) is 3. The van der Waals surface area contributed by atoms with Crippen LogP contribution in [-0.2, 0) is 19.2 Å². The van der Waals surface area contributed by atoms with Crippen molar-refractivity contribution < 1.29 is 74.0 Å². The van der Waals surface area contributed by atoms with Crippen LogP contribution in [0.5, 0.6) is 0 Å². The molecule has 0 aromatic carbocycles. The van der Waals surface area contributed by atoms with Crippen molar-refractivity contribution in [3.05, 3.63) is 0 Å². The summed E-state index contributed by atoms with van der Waals surface area (Å²) in [5.41, 5.74) is 0. The van der Waals surface area contributed by atoms with Crippen LogP contribution >= 0.6 is 0 Å². The molecule has 1 heterocycles. The number of alkyl halides is 9. The topological polar surface area (TPSA) is 153 Å². The molecule has 1 fully saturated rings. The number of rotatable bonds is 0. The number of amides is 1. The van der Waals surface area contributed by atoms with Crippen molar-refractivity contribution in [2.45, 2.75) is 18.5 Å². The second-order valence-electron chi connectivity index (χ2n) is 3.94. The maximum Gasteiger partial charge on any atom is 0.490 e. The van der Waals surface area contributed by atoms with Gasteiger partial charge in [0.15, 0.2) is 0 Å². The lowest BCUT2D eigenvalue weighted by Gasteiger charge is -2.11. The first kappa shape index (κ1) is 30.0. The zero-order chi connectivity index (χ0) is 23.3. The van der Waals surface area contributed by atoms with Gasteiger partial charge in [-0.25, -0.2) is 14.4 Å².